The molecule has 0 fully saturated rings. The molecule has 0 saturated carbocycles. The second-order valence-electron chi connectivity index (χ2n) is 3.25. The fourth-order valence-electron chi connectivity index (χ4n) is 1.26. The van der Waals surface area contributed by atoms with Crippen molar-refractivity contribution in [3.8, 4) is 0 Å². The third kappa shape index (κ3) is 3.62. The van der Waals surface area contributed by atoms with Crippen molar-refractivity contribution in [3.05, 3.63) is 43.0 Å². The number of likely N-dealkylation sites (N-methyl/N-ethyl adjacent to an activating group) is 1. The van der Waals surface area contributed by atoms with Crippen molar-refractivity contribution in [1.29, 1.82) is 0 Å². The number of anilines is 1. The molecule has 2 heteroatoms. The Hall–Kier alpha value is -1.28. The lowest BCUT2D eigenvalue weighted by Crippen LogP contribution is -2.29. The number of hydrogen-bond donors (Lipinski definition) is 1. The molecule has 0 aromatic heterocycles. The standard InChI is InChI=1S/C12H18N2/c1-3-9-13-10-11-14(2)12-7-5-4-6-8-12/h3-8,13H,1,9-11H2,2H3. The van der Waals surface area contributed by atoms with Crippen LogP contribution in [0.1, 0.15) is 0 Å². The molecule has 0 unspecified atom stereocenters. The van der Waals surface area contributed by atoms with E-state index < -0.39 is 0 Å². The molecule has 0 heterocycles. The predicted molar refractivity (Wildman–Crippen MR) is 62.8 cm³/mol. The first-order valence-electron chi connectivity index (χ1n) is 4.92. The SMILES string of the molecule is C=CCNCCN(C)c1ccccc1. The van der Waals surface area contributed by atoms with E-state index in [2.05, 4.69) is 48.1 Å². The Balaban J connectivity index is 2.28. The third-order valence-corrected chi connectivity index (χ3v) is 2.11. The van der Waals surface area contributed by atoms with Crippen LogP contribution in [0.3, 0.4) is 0 Å². The van der Waals surface area contributed by atoms with Gasteiger partial charge in [-0.3, -0.25) is 0 Å². The average Bonchev–Trinajstić information content (AvgIpc) is 2.25. The molecular formula is C12H18N2. The van der Waals surface area contributed by atoms with Gasteiger partial charge in [-0.2, -0.15) is 0 Å². The quantitative estimate of drug-likeness (QED) is 0.544. The van der Waals surface area contributed by atoms with Gasteiger partial charge in [-0.05, 0) is 12.1 Å². The molecule has 2 nitrogen and oxygen atoms in total. The van der Waals surface area contributed by atoms with Gasteiger partial charge in [-0.25, -0.2) is 0 Å². The van der Waals surface area contributed by atoms with Gasteiger partial charge in [0.1, 0.15) is 0 Å². The maximum Gasteiger partial charge on any atom is 0.0364 e. The van der Waals surface area contributed by atoms with E-state index in [0.717, 1.165) is 19.6 Å². The molecule has 1 rings (SSSR count). The summed E-state index contributed by atoms with van der Waals surface area (Å²) in [5.74, 6) is 0. The first-order chi connectivity index (χ1) is 6.84. The van der Waals surface area contributed by atoms with Crippen molar-refractivity contribution < 1.29 is 0 Å². The maximum atomic E-state index is 3.66. The van der Waals surface area contributed by atoms with E-state index in [4.69, 9.17) is 0 Å². The number of rotatable bonds is 6. The van der Waals surface area contributed by atoms with E-state index in [1.807, 2.05) is 12.1 Å². The Morgan fingerprint density at radius 1 is 1.36 bits per heavy atom. The minimum absolute atomic E-state index is 0.878. The number of hydrogen-bond acceptors (Lipinski definition) is 2. The van der Waals surface area contributed by atoms with Gasteiger partial charge >= 0.3 is 0 Å². The monoisotopic (exact) mass is 190 g/mol. The molecule has 0 bridgehead atoms. The maximum absolute atomic E-state index is 3.66. The van der Waals surface area contributed by atoms with Crippen molar-refractivity contribution in [2.75, 3.05) is 31.6 Å². The summed E-state index contributed by atoms with van der Waals surface area (Å²) in [7, 11) is 2.10. The number of nitrogens with zero attached hydrogens (tertiary/aromatic N) is 1. The zero-order chi connectivity index (χ0) is 10.2. The highest BCUT2D eigenvalue weighted by atomic mass is 15.1. The minimum atomic E-state index is 0.878. The minimum Gasteiger partial charge on any atom is -0.373 e. The normalized spacial score (nSPS) is 9.79. The van der Waals surface area contributed by atoms with Crippen molar-refractivity contribution in [3.63, 3.8) is 0 Å². The van der Waals surface area contributed by atoms with Crippen molar-refractivity contribution in [2.24, 2.45) is 0 Å². The highest BCUT2D eigenvalue weighted by Gasteiger charge is 1.97. The van der Waals surface area contributed by atoms with E-state index >= 15 is 0 Å². The molecule has 76 valence electrons. The van der Waals surface area contributed by atoms with Crippen molar-refractivity contribution >= 4 is 5.69 Å². The predicted octanol–water partition coefficient (Wildman–Crippen LogP) is 1.90. The van der Waals surface area contributed by atoms with E-state index in [-0.39, 0.29) is 0 Å². The van der Waals surface area contributed by atoms with Crippen LogP contribution in [0.5, 0.6) is 0 Å². The molecule has 0 saturated heterocycles. The van der Waals surface area contributed by atoms with Crippen LogP contribution in [0.4, 0.5) is 5.69 Å². The van der Waals surface area contributed by atoms with Crippen molar-refractivity contribution in [2.45, 2.75) is 0 Å². The van der Waals surface area contributed by atoms with E-state index in [9.17, 15) is 0 Å². The molecule has 1 aromatic rings. The second kappa shape index (κ2) is 6.22. The summed E-state index contributed by atoms with van der Waals surface area (Å²) in [6.07, 6.45) is 1.88. The van der Waals surface area contributed by atoms with Gasteiger partial charge < -0.3 is 10.2 Å². The Kier molecular flexibility index (Phi) is 4.79. The van der Waals surface area contributed by atoms with Crippen LogP contribution >= 0.6 is 0 Å². The molecule has 0 radical (unpaired) electrons. The molecule has 1 N–H and O–H groups in total. The molecule has 0 spiro atoms. The first kappa shape index (κ1) is 10.8. The van der Waals surface area contributed by atoms with Crippen molar-refractivity contribution in [1.82, 2.24) is 5.32 Å². The number of para-hydroxylation sites is 1. The van der Waals surface area contributed by atoms with Crippen LogP contribution in [0.2, 0.25) is 0 Å². The molecule has 14 heavy (non-hydrogen) atoms. The van der Waals surface area contributed by atoms with Gasteiger partial charge in [-0.15, -0.1) is 6.58 Å². The fourth-order valence-corrected chi connectivity index (χ4v) is 1.26. The van der Waals surface area contributed by atoms with Crippen LogP contribution in [-0.4, -0.2) is 26.7 Å². The second-order valence-corrected chi connectivity index (χ2v) is 3.25. The zero-order valence-electron chi connectivity index (χ0n) is 8.74. The lowest BCUT2D eigenvalue weighted by Gasteiger charge is -2.19. The molecule has 0 aliphatic carbocycles. The summed E-state index contributed by atoms with van der Waals surface area (Å²) in [6.45, 7) is 6.53. The lowest BCUT2D eigenvalue weighted by molar-refractivity contribution is 0.730. The highest BCUT2D eigenvalue weighted by molar-refractivity contribution is 5.44. The van der Waals surface area contributed by atoms with E-state index in [1.165, 1.54) is 5.69 Å². The summed E-state index contributed by atoms with van der Waals surface area (Å²) in [5, 5.41) is 3.28. The fraction of sp³-hybridized carbons (Fsp3) is 0.333. The van der Waals surface area contributed by atoms with Crippen LogP contribution < -0.4 is 10.2 Å². The van der Waals surface area contributed by atoms with Crippen LogP contribution in [0.15, 0.2) is 43.0 Å². The van der Waals surface area contributed by atoms with Gasteiger partial charge in [0.05, 0.1) is 0 Å². The molecule has 0 amide bonds. The smallest absolute Gasteiger partial charge is 0.0364 e. The Morgan fingerprint density at radius 2 is 2.07 bits per heavy atom. The van der Waals surface area contributed by atoms with E-state index in [0.29, 0.717) is 0 Å². The Labute approximate surface area is 86.2 Å². The summed E-state index contributed by atoms with van der Waals surface area (Å²) in [6, 6.07) is 10.4. The van der Waals surface area contributed by atoms with Crippen LogP contribution in [-0.2, 0) is 0 Å². The Bertz CT molecular complexity index is 256. The summed E-state index contributed by atoms with van der Waals surface area (Å²) < 4.78 is 0. The van der Waals surface area contributed by atoms with Crippen LogP contribution in [0.25, 0.3) is 0 Å². The zero-order valence-corrected chi connectivity index (χ0v) is 8.74. The number of benzene rings is 1. The largest absolute Gasteiger partial charge is 0.373 e. The molecular weight excluding hydrogens is 172 g/mol. The van der Waals surface area contributed by atoms with Gasteiger partial charge in [0.15, 0.2) is 0 Å². The summed E-state index contributed by atoms with van der Waals surface area (Å²) in [5.41, 5.74) is 1.26. The highest BCUT2D eigenvalue weighted by Crippen LogP contribution is 2.09. The summed E-state index contributed by atoms with van der Waals surface area (Å²) in [4.78, 5) is 2.23. The molecule has 1 aromatic carbocycles. The number of nitrogens with one attached hydrogen (secondary N) is 1. The van der Waals surface area contributed by atoms with Crippen LogP contribution in [0, 0.1) is 0 Å². The first-order valence-corrected chi connectivity index (χ1v) is 4.92. The van der Waals surface area contributed by atoms with E-state index in [1.54, 1.807) is 0 Å². The van der Waals surface area contributed by atoms with Gasteiger partial charge in [0.2, 0.25) is 0 Å². The Morgan fingerprint density at radius 3 is 2.71 bits per heavy atom. The van der Waals surface area contributed by atoms with Gasteiger partial charge in [0, 0.05) is 32.4 Å². The molecule has 0 atom stereocenters. The molecule has 0 aliphatic heterocycles. The summed E-state index contributed by atoms with van der Waals surface area (Å²) >= 11 is 0. The lowest BCUT2D eigenvalue weighted by atomic mass is 10.3. The average molecular weight is 190 g/mol. The van der Waals surface area contributed by atoms with Gasteiger partial charge in [0.25, 0.3) is 0 Å². The van der Waals surface area contributed by atoms with Gasteiger partial charge in [-0.1, -0.05) is 24.3 Å². The topological polar surface area (TPSA) is 15.3 Å². The molecule has 0 aliphatic rings. The third-order valence-electron chi connectivity index (χ3n) is 2.11.